The van der Waals surface area contributed by atoms with Gasteiger partial charge in [0.25, 0.3) is 0 Å². The molecule has 4 nitrogen and oxygen atoms in total. The summed E-state index contributed by atoms with van der Waals surface area (Å²) in [7, 11) is 0. The van der Waals surface area contributed by atoms with Gasteiger partial charge in [-0.2, -0.15) is 0 Å². The van der Waals surface area contributed by atoms with Crippen molar-refractivity contribution >= 4 is 11.6 Å². The molecule has 0 aliphatic carbocycles. The minimum absolute atomic E-state index is 0.218. The van der Waals surface area contributed by atoms with Crippen molar-refractivity contribution in [1.82, 2.24) is 10.3 Å². The van der Waals surface area contributed by atoms with Crippen molar-refractivity contribution in [2.24, 2.45) is 5.92 Å². The molecule has 1 aliphatic rings. The summed E-state index contributed by atoms with van der Waals surface area (Å²) in [6, 6.07) is 3.77. The average Bonchev–Trinajstić information content (AvgIpc) is 2.92. The molecule has 1 unspecified atom stereocenters. The van der Waals surface area contributed by atoms with Crippen LogP contribution in [0.3, 0.4) is 0 Å². The first-order chi connectivity index (χ1) is 8.81. The van der Waals surface area contributed by atoms with Crippen LogP contribution >= 0.6 is 0 Å². The van der Waals surface area contributed by atoms with E-state index in [1.807, 2.05) is 24.0 Å². The SMILES string of the molecule is CCN(C(=O)CCC1CCNC1)c1ccncc1. The van der Waals surface area contributed by atoms with E-state index in [2.05, 4.69) is 10.3 Å². The lowest BCUT2D eigenvalue weighted by Crippen LogP contribution is -2.30. The summed E-state index contributed by atoms with van der Waals surface area (Å²) in [6.07, 6.45) is 6.29. The fraction of sp³-hybridized carbons (Fsp3) is 0.571. The number of nitrogens with one attached hydrogen (secondary N) is 1. The molecule has 1 atom stereocenters. The molecular formula is C14H21N3O. The van der Waals surface area contributed by atoms with Crippen molar-refractivity contribution in [3.05, 3.63) is 24.5 Å². The van der Waals surface area contributed by atoms with Crippen molar-refractivity contribution in [1.29, 1.82) is 0 Å². The number of carbonyl (C=O) groups is 1. The Hall–Kier alpha value is -1.42. The van der Waals surface area contributed by atoms with Crippen molar-refractivity contribution < 1.29 is 4.79 Å². The van der Waals surface area contributed by atoms with Crippen LogP contribution in [0.5, 0.6) is 0 Å². The Labute approximate surface area is 108 Å². The Morgan fingerprint density at radius 2 is 2.28 bits per heavy atom. The maximum Gasteiger partial charge on any atom is 0.226 e. The smallest absolute Gasteiger partial charge is 0.226 e. The predicted octanol–water partition coefficient (Wildman–Crippen LogP) is 1.82. The van der Waals surface area contributed by atoms with Crippen LogP contribution in [0.15, 0.2) is 24.5 Å². The summed E-state index contributed by atoms with van der Waals surface area (Å²) in [4.78, 5) is 18.0. The van der Waals surface area contributed by atoms with E-state index in [1.54, 1.807) is 12.4 Å². The van der Waals surface area contributed by atoms with Crippen LogP contribution in [-0.2, 0) is 4.79 Å². The fourth-order valence-corrected chi connectivity index (χ4v) is 2.45. The minimum atomic E-state index is 0.218. The molecule has 1 aromatic heterocycles. The molecular weight excluding hydrogens is 226 g/mol. The van der Waals surface area contributed by atoms with Gasteiger partial charge in [-0.1, -0.05) is 0 Å². The van der Waals surface area contributed by atoms with Crippen molar-refractivity contribution in [3.8, 4) is 0 Å². The summed E-state index contributed by atoms with van der Waals surface area (Å²) in [6.45, 7) is 4.89. The first-order valence-corrected chi connectivity index (χ1v) is 6.72. The molecule has 98 valence electrons. The summed E-state index contributed by atoms with van der Waals surface area (Å²) in [5, 5.41) is 3.34. The maximum atomic E-state index is 12.2. The van der Waals surface area contributed by atoms with Crippen LogP contribution < -0.4 is 10.2 Å². The normalized spacial score (nSPS) is 18.8. The average molecular weight is 247 g/mol. The third-order valence-electron chi connectivity index (χ3n) is 3.52. The van der Waals surface area contributed by atoms with Gasteiger partial charge >= 0.3 is 0 Å². The zero-order valence-corrected chi connectivity index (χ0v) is 10.9. The standard InChI is InChI=1S/C14H21N3O/c1-2-17(13-6-9-15-10-7-13)14(18)4-3-12-5-8-16-11-12/h6-7,9-10,12,16H,2-5,8,11H2,1H3. The van der Waals surface area contributed by atoms with Gasteiger partial charge in [0.15, 0.2) is 0 Å². The van der Waals surface area contributed by atoms with E-state index in [1.165, 1.54) is 6.42 Å². The van der Waals surface area contributed by atoms with Gasteiger partial charge in [-0.25, -0.2) is 0 Å². The number of anilines is 1. The highest BCUT2D eigenvalue weighted by Gasteiger charge is 2.18. The first-order valence-electron chi connectivity index (χ1n) is 6.72. The third-order valence-corrected chi connectivity index (χ3v) is 3.52. The lowest BCUT2D eigenvalue weighted by atomic mass is 10.0. The Morgan fingerprint density at radius 1 is 1.50 bits per heavy atom. The zero-order chi connectivity index (χ0) is 12.8. The molecule has 1 saturated heterocycles. The molecule has 4 heteroatoms. The van der Waals surface area contributed by atoms with E-state index < -0.39 is 0 Å². The summed E-state index contributed by atoms with van der Waals surface area (Å²) in [5.41, 5.74) is 0.946. The molecule has 2 rings (SSSR count). The monoisotopic (exact) mass is 247 g/mol. The lowest BCUT2D eigenvalue weighted by molar-refractivity contribution is -0.118. The van der Waals surface area contributed by atoms with Gasteiger partial charge in [0, 0.05) is 31.0 Å². The van der Waals surface area contributed by atoms with Crippen LogP contribution in [0, 0.1) is 5.92 Å². The van der Waals surface area contributed by atoms with Gasteiger partial charge in [-0.15, -0.1) is 0 Å². The molecule has 2 heterocycles. The lowest BCUT2D eigenvalue weighted by Gasteiger charge is -2.21. The summed E-state index contributed by atoms with van der Waals surface area (Å²) >= 11 is 0. The number of nitrogens with zero attached hydrogens (tertiary/aromatic N) is 2. The summed E-state index contributed by atoms with van der Waals surface area (Å²) in [5.74, 6) is 0.890. The number of aromatic nitrogens is 1. The van der Waals surface area contributed by atoms with E-state index in [9.17, 15) is 4.79 Å². The van der Waals surface area contributed by atoms with Crippen molar-refractivity contribution in [3.63, 3.8) is 0 Å². The largest absolute Gasteiger partial charge is 0.316 e. The molecule has 1 aromatic rings. The van der Waals surface area contributed by atoms with Gasteiger partial charge < -0.3 is 10.2 Å². The van der Waals surface area contributed by atoms with E-state index >= 15 is 0 Å². The molecule has 0 radical (unpaired) electrons. The predicted molar refractivity (Wildman–Crippen MR) is 72.5 cm³/mol. The number of carbonyl (C=O) groups excluding carboxylic acids is 1. The Morgan fingerprint density at radius 3 is 2.89 bits per heavy atom. The quantitative estimate of drug-likeness (QED) is 0.863. The van der Waals surface area contributed by atoms with Crippen molar-refractivity contribution in [2.45, 2.75) is 26.2 Å². The van der Waals surface area contributed by atoms with Gasteiger partial charge in [-0.3, -0.25) is 9.78 Å². The molecule has 18 heavy (non-hydrogen) atoms. The van der Waals surface area contributed by atoms with Gasteiger partial charge in [0.05, 0.1) is 0 Å². The molecule has 0 bridgehead atoms. The van der Waals surface area contributed by atoms with Crippen molar-refractivity contribution in [2.75, 3.05) is 24.5 Å². The third kappa shape index (κ3) is 3.29. The Bertz CT molecular complexity index is 374. The summed E-state index contributed by atoms with van der Waals surface area (Å²) < 4.78 is 0. The number of hydrogen-bond acceptors (Lipinski definition) is 3. The van der Waals surface area contributed by atoms with Crippen LogP contribution in [0.1, 0.15) is 26.2 Å². The molecule has 1 amide bonds. The molecule has 0 spiro atoms. The fourth-order valence-electron chi connectivity index (χ4n) is 2.45. The molecule has 0 aromatic carbocycles. The van der Waals surface area contributed by atoms with Crippen LogP contribution in [0.4, 0.5) is 5.69 Å². The van der Waals surface area contributed by atoms with E-state index in [0.717, 1.165) is 25.2 Å². The number of amides is 1. The van der Waals surface area contributed by atoms with Gasteiger partial charge in [-0.05, 0) is 50.9 Å². The highest BCUT2D eigenvalue weighted by molar-refractivity contribution is 5.93. The highest BCUT2D eigenvalue weighted by atomic mass is 16.2. The van der Waals surface area contributed by atoms with Gasteiger partial charge in [0.2, 0.25) is 5.91 Å². The highest BCUT2D eigenvalue weighted by Crippen LogP contribution is 2.18. The minimum Gasteiger partial charge on any atom is -0.316 e. The Balaban J connectivity index is 1.89. The van der Waals surface area contributed by atoms with Crippen LogP contribution in [0.25, 0.3) is 0 Å². The number of hydrogen-bond donors (Lipinski definition) is 1. The molecule has 0 saturated carbocycles. The topological polar surface area (TPSA) is 45.2 Å². The molecule has 1 N–H and O–H groups in total. The number of rotatable bonds is 5. The Kier molecular flexibility index (Phi) is 4.70. The van der Waals surface area contributed by atoms with Crippen LogP contribution in [0.2, 0.25) is 0 Å². The second-order valence-electron chi connectivity index (χ2n) is 4.74. The van der Waals surface area contributed by atoms with E-state index in [4.69, 9.17) is 0 Å². The maximum absolute atomic E-state index is 12.2. The number of pyridine rings is 1. The first kappa shape index (κ1) is 13.0. The second kappa shape index (κ2) is 6.50. The van der Waals surface area contributed by atoms with Crippen LogP contribution in [-0.4, -0.2) is 30.5 Å². The molecule has 1 aliphatic heterocycles. The second-order valence-corrected chi connectivity index (χ2v) is 4.74. The van der Waals surface area contributed by atoms with Gasteiger partial charge in [0.1, 0.15) is 0 Å². The molecule has 1 fully saturated rings. The van der Waals surface area contributed by atoms with E-state index in [-0.39, 0.29) is 5.91 Å². The van der Waals surface area contributed by atoms with E-state index in [0.29, 0.717) is 18.9 Å². The zero-order valence-electron chi connectivity index (χ0n) is 10.9.